The molecule has 16 heavy (non-hydrogen) atoms. The second-order valence-corrected chi connectivity index (χ2v) is 3.94. The third kappa shape index (κ3) is 21.2. The first-order valence-corrected chi connectivity index (χ1v) is 6.08. The van der Waals surface area contributed by atoms with E-state index in [2.05, 4.69) is 0 Å². The minimum Gasteiger partial charge on any atom is -0.854 e. The normalized spacial score (nSPS) is 9.38. The Morgan fingerprint density at radius 1 is 0.375 bits per heavy atom. The van der Waals surface area contributed by atoms with E-state index in [-0.39, 0.29) is 72.3 Å². The van der Waals surface area contributed by atoms with Crippen LogP contribution in [0.15, 0.2) is 0 Å². The smallest absolute Gasteiger partial charge is 0.854 e. The Morgan fingerprint density at radius 2 is 0.562 bits per heavy atom. The third-order valence-corrected chi connectivity index (χ3v) is 2.54. The summed E-state index contributed by atoms with van der Waals surface area (Å²) in [5.41, 5.74) is 0. The van der Waals surface area contributed by atoms with Gasteiger partial charge >= 0.3 is 59.1 Å². The van der Waals surface area contributed by atoms with Crippen molar-refractivity contribution in [3.63, 3.8) is 0 Å². The predicted molar refractivity (Wildman–Crippen MR) is 55.9 cm³/mol. The molecule has 0 atom stereocenters. The molecule has 0 heterocycles. The Kier molecular flexibility index (Phi) is 31.9. The van der Waals surface area contributed by atoms with E-state index in [1.807, 2.05) is 0 Å². The van der Waals surface area contributed by atoms with Crippen molar-refractivity contribution in [2.75, 3.05) is 13.2 Å². The van der Waals surface area contributed by atoms with Gasteiger partial charge in [-0.3, -0.25) is 0 Å². The number of hydrogen-bond acceptors (Lipinski definition) is 2. The van der Waals surface area contributed by atoms with Crippen LogP contribution in [-0.4, -0.2) is 13.2 Å². The summed E-state index contributed by atoms with van der Waals surface area (Å²) in [6, 6.07) is 0. The molecule has 0 aliphatic rings. The van der Waals surface area contributed by atoms with Gasteiger partial charge in [0.25, 0.3) is 0 Å². The van der Waals surface area contributed by atoms with Gasteiger partial charge in [0, 0.05) is 0 Å². The predicted octanol–water partition coefficient (Wildman–Crippen LogP) is -4.38. The number of unbranched alkanes of at least 4 members (excludes halogenated alkanes) is 9. The molecule has 4 heteroatoms. The summed E-state index contributed by atoms with van der Waals surface area (Å²) < 4.78 is 0. The van der Waals surface area contributed by atoms with Crippen LogP contribution in [0.2, 0.25) is 0 Å². The van der Waals surface area contributed by atoms with E-state index >= 15 is 0 Å². The molecule has 86 valence electrons. The van der Waals surface area contributed by atoms with E-state index in [1.165, 1.54) is 38.5 Å². The summed E-state index contributed by atoms with van der Waals surface area (Å²) >= 11 is 0. The topological polar surface area (TPSA) is 46.1 Å². The molecule has 0 aromatic carbocycles. The average Bonchev–Trinajstić information content (AvgIpc) is 2.21. The summed E-state index contributed by atoms with van der Waals surface area (Å²) in [6.07, 6.45) is 11.5. The Labute approximate surface area is 145 Å². The molecule has 0 N–H and O–H groups in total. The van der Waals surface area contributed by atoms with E-state index in [4.69, 9.17) is 0 Å². The monoisotopic (exact) mass is 246 g/mol. The maximum atomic E-state index is 10.1. The molecule has 2 nitrogen and oxygen atoms in total. The summed E-state index contributed by atoms with van der Waals surface area (Å²) in [5, 5.41) is 20.3. The third-order valence-electron chi connectivity index (χ3n) is 2.54. The van der Waals surface area contributed by atoms with Gasteiger partial charge in [-0.1, -0.05) is 64.2 Å². The fourth-order valence-corrected chi connectivity index (χ4v) is 1.62. The first kappa shape index (κ1) is 23.0. The van der Waals surface area contributed by atoms with Crippen molar-refractivity contribution in [3.05, 3.63) is 0 Å². The molecule has 0 saturated heterocycles. The first-order valence-electron chi connectivity index (χ1n) is 6.08. The van der Waals surface area contributed by atoms with Crippen LogP contribution in [0.1, 0.15) is 64.2 Å². The molecule has 0 saturated carbocycles. The van der Waals surface area contributed by atoms with Gasteiger partial charge in [-0.25, -0.2) is 0 Å². The zero-order valence-corrected chi connectivity index (χ0v) is 15.3. The zero-order chi connectivity index (χ0) is 10.5. The minimum absolute atomic E-state index is 0. The van der Waals surface area contributed by atoms with Crippen LogP contribution < -0.4 is 69.3 Å². The molecule has 0 bridgehead atoms. The van der Waals surface area contributed by atoms with Crippen LogP contribution in [0, 0.1) is 0 Å². The molecule has 0 unspecified atom stereocenters. The molecule has 0 rings (SSSR count). The zero-order valence-electron chi connectivity index (χ0n) is 11.3. The molecule has 0 radical (unpaired) electrons. The van der Waals surface area contributed by atoms with Gasteiger partial charge in [-0.15, -0.1) is 13.2 Å². The van der Waals surface area contributed by atoms with Gasteiger partial charge in [0.2, 0.25) is 0 Å². The molecule has 0 aliphatic carbocycles. The average molecular weight is 246 g/mol. The largest absolute Gasteiger partial charge is 1.00 e. The maximum absolute atomic E-state index is 10.1. The van der Waals surface area contributed by atoms with Crippen LogP contribution in [-0.2, 0) is 0 Å². The summed E-state index contributed by atoms with van der Waals surface area (Å²) in [7, 11) is 0. The maximum Gasteiger partial charge on any atom is 1.00 e. The summed E-state index contributed by atoms with van der Waals surface area (Å²) in [6.45, 7) is 0.185. The van der Waals surface area contributed by atoms with Crippen LogP contribution in [0.25, 0.3) is 0 Å². The van der Waals surface area contributed by atoms with Crippen molar-refractivity contribution in [2.45, 2.75) is 64.2 Å². The fourth-order valence-electron chi connectivity index (χ4n) is 1.62. The van der Waals surface area contributed by atoms with Crippen LogP contribution in [0.4, 0.5) is 0 Å². The first-order chi connectivity index (χ1) is 6.91. The Morgan fingerprint density at radius 3 is 0.750 bits per heavy atom. The van der Waals surface area contributed by atoms with Gasteiger partial charge < -0.3 is 10.2 Å². The van der Waals surface area contributed by atoms with E-state index in [1.54, 1.807) is 0 Å². The van der Waals surface area contributed by atoms with Crippen LogP contribution in [0.5, 0.6) is 0 Å². The Balaban J connectivity index is -0.000000845. The Hall–Kier alpha value is 1.92. The standard InChI is InChI=1S/C12H24O2.2Na/c13-11-9-7-5-3-1-2-4-6-8-10-12-14;;/h1-12H2;;/q-2;2*+1. The van der Waals surface area contributed by atoms with Crippen molar-refractivity contribution >= 4 is 0 Å². The molecule has 0 aromatic heterocycles. The molecule has 0 amide bonds. The van der Waals surface area contributed by atoms with Gasteiger partial charge in [0.05, 0.1) is 0 Å². The van der Waals surface area contributed by atoms with E-state index in [0.717, 1.165) is 25.7 Å². The van der Waals surface area contributed by atoms with E-state index in [9.17, 15) is 10.2 Å². The second kappa shape index (κ2) is 22.1. The summed E-state index contributed by atoms with van der Waals surface area (Å²) in [4.78, 5) is 0. The van der Waals surface area contributed by atoms with E-state index in [0.29, 0.717) is 0 Å². The molecule has 0 fully saturated rings. The molecule has 0 spiro atoms. The number of rotatable bonds is 11. The fraction of sp³-hybridized carbons (Fsp3) is 1.00. The molecular formula is C12H24Na2O2. The minimum atomic E-state index is 0. The van der Waals surface area contributed by atoms with Crippen LogP contribution >= 0.6 is 0 Å². The van der Waals surface area contributed by atoms with Crippen molar-refractivity contribution < 1.29 is 69.3 Å². The Bertz CT molecular complexity index is 91.0. The quantitative estimate of drug-likeness (QED) is 0.273. The van der Waals surface area contributed by atoms with Crippen molar-refractivity contribution in [1.82, 2.24) is 0 Å². The van der Waals surface area contributed by atoms with Crippen molar-refractivity contribution in [2.24, 2.45) is 0 Å². The molecule has 0 aromatic rings. The van der Waals surface area contributed by atoms with Gasteiger partial charge in [-0.05, 0) is 0 Å². The SMILES string of the molecule is [Na+].[Na+].[O-]CCCCCCCCCCCC[O-]. The number of hydrogen-bond donors (Lipinski definition) is 0. The summed E-state index contributed by atoms with van der Waals surface area (Å²) in [5.74, 6) is 0. The van der Waals surface area contributed by atoms with Crippen molar-refractivity contribution in [3.8, 4) is 0 Å². The van der Waals surface area contributed by atoms with Gasteiger partial charge in [0.1, 0.15) is 0 Å². The van der Waals surface area contributed by atoms with Crippen LogP contribution in [0.3, 0.4) is 0 Å². The van der Waals surface area contributed by atoms with Gasteiger partial charge in [0.15, 0.2) is 0 Å². The van der Waals surface area contributed by atoms with Gasteiger partial charge in [-0.2, -0.15) is 0 Å². The molecule has 0 aliphatic heterocycles. The molecular weight excluding hydrogens is 222 g/mol. The van der Waals surface area contributed by atoms with Crippen molar-refractivity contribution in [1.29, 1.82) is 0 Å². The van der Waals surface area contributed by atoms with E-state index < -0.39 is 0 Å². The second-order valence-electron chi connectivity index (χ2n) is 3.94.